The van der Waals surface area contributed by atoms with E-state index in [2.05, 4.69) is 10.6 Å². The van der Waals surface area contributed by atoms with E-state index in [1.807, 2.05) is 4.90 Å². The van der Waals surface area contributed by atoms with Gasteiger partial charge in [-0.2, -0.15) is 0 Å². The fraction of sp³-hybridized carbons (Fsp3) is 0.857. The summed E-state index contributed by atoms with van der Waals surface area (Å²) in [5.41, 5.74) is 0.473. The minimum absolute atomic E-state index is 0. The van der Waals surface area contributed by atoms with E-state index in [0.29, 0.717) is 18.3 Å². The summed E-state index contributed by atoms with van der Waals surface area (Å²) in [5, 5.41) is 6.19. The van der Waals surface area contributed by atoms with Gasteiger partial charge in [0.1, 0.15) is 6.04 Å². The molecule has 1 spiro atoms. The van der Waals surface area contributed by atoms with Gasteiger partial charge in [0.25, 0.3) is 0 Å². The molecule has 0 aromatic carbocycles. The smallest absolute Gasteiger partial charge is 0.245 e. The predicted octanol–water partition coefficient (Wildman–Crippen LogP) is 0.679. The number of nitrogens with zero attached hydrogens (tertiary/aromatic N) is 1. The van der Waals surface area contributed by atoms with Crippen LogP contribution in [0.15, 0.2) is 0 Å². The molecule has 0 radical (unpaired) electrons. The standard InChI is InChI=1S/C14H23N3O2.ClH/c18-12-2-1-11(16-12)13(19)17-9-5-14(6-10-17)3-7-15-8-4-14;/h11,15H,1-10H2,(H,16,18);1H. The zero-order chi connectivity index (χ0) is 13.3. The van der Waals surface area contributed by atoms with Gasteiger partial charge in [0.15, 0.2) is 0 Å². The van der Waals surface area contributed by atoms with Crippen molar-refractivity contribution < 1.29 is 9.59 Å². The fourth-order valence-electron chi connectivity index (χ4n) is 3.68. The molecule has 5 nitrogen and oxygen atoms in total. The van der Waals surface area contributed by atoms with E-state index in [0.717, 1.165) is 39.0 Å². The van der Waals surface area contributed by atoms with Gasteiger partial charge in [0.2, 0.25) is 11.8 Å². The predicted molar refractivity (Wildman–Crippen MR) is 78.8 cm³/mol. The van der Waals surface area contributed by atoms with Crippen LogP contribution in [0.25, 0.3) is 0 Å². The molecule has 0 aromatic rings. The molecule has 0 aromatic heterocycles. The minimum Gasteiger partial charge on any atom is -0.344 e. The van der Waals surface area contributed by atoms with Crippen molar-refractivity contribution in [2.24, 2.45) is 5.41 Å². The number of hydrogen-bond donors (Lipinski definition) is 2. The van der Waals surface area contributed by atoms with Crippen LogP contribution in [-0.4, -0.2) is 48.9 Å². The van der Waals surface area contributed by atoms with Crippen molar-refractivity contribution in [1.82, 2.24) is 15.5 Å². The summed E-state index contributed by atoms with van der Waals surface area (Å²) in [7, 11) is 0. The Hall–Kier alpha value is -0.810. The number of amides is 2. The molecule has 0 saturated carbocycles. The molecule has 3 saturated heterocycles. The summed E-state index contributed by atoms with van der Waals surface area (Å²) in [4.78, 5) is 25.5. The van der Waals surface area contributed by atoms with Gasteiger partial charge in [0.05, 0.1) is 0 Å². The number of piperidine rings is 2. The largest absolute Gasteiger partial charge is 0.344 e. The maximum absolute atomic E-state index is 12.3. The van der Waals surface area contributed by atoms with Crippen LogP contribution in [0, 0.1) is 5.41 Å². The summed E-state index contributed by atoms with van der Waals surface area (Å²) in [5.74, 6) is 0.153. The highest BCUT2D eigenvalue weighted by atomic mass is 35.5. The van der Waals surface area contributed by atoms with Crippen LogP contribution in [0.1, 0.15) is 38.5 Å². The maximum atomic E-state index is 12.3. The lowest BCUT2D eigenvalue weighted by Gasteiger charge is -2.44. The molecule has 0 aliphatic carbocycles. The molecule has 2 amide bonds. The molecule has 3 aliphatic rings. The Morgan fingerprint density at radius 1 is 1.15 bits per heavy atom. The highest BCUT2D eigenvalue weighted by molar-refractivity contribution is 5.90. The summed E-state index contributed by atoms with van der Waals surface area (Å²) < 4.78 is 0. The monoisotopic (exact) mass is 301 g/mol. The summed E-state index contributed by atoms with van der Waals surface area (Å²) in [6, 6.07) is -0.255. The van der Waals surface area contributed by atoms with Gasteiger partial charge in [-0.25, -0.2) is 0 Å². The molecule has 0 bridgehead atoms. The SMILES string of the molecule is Cl.O=C1CCC(C(=O)N2CCC3(CCNCC3)CC2)N1. The molecule has 1 atom stereocenters. The van der Waals surface area contributed by atoms with E-state index < -0.39 is 0 Å². The van der Waals surface area contributed by atoms with Crippen molar-refractivity contribution in [3.63, 3.8) is 0 Å². The Balaban J connectivity index is 0.00000147. The first-order chi connectivity index (χ1) is 9.19. The Bertz CT molecular complexity index is 373. The van der Waals surface area contributed by atoms with Gasteiger partial charge < -0.3 is 15.5 Å². The first-order valence-corrected chi connectivity index (χ1v) is 7.47. The van der Waals surface area contributed by atoms with E-state index in [-0.39, 0.29) is 30.3 Å². The molecule has 6 heteroatoms. The normalized spacial score (nSPS) is 28.9. The average Bonchev–Trinajstić information content (AvgIpc) is 2.87. The zero-order valence-corrected chi connectivity index (χ0v) is 12.6. The quantitative estimate of drug-likeness (QED) is 0.749. The van der Waals surface area contributed by atoms with Crippen molar-refractivity contribution in [3.05, 3.63) is 0 Å². The van der Waals surface area contributed by atoms with E-state index in [4.69, 9.17) is 0 Å². The first-order valence-electron chi connectivity index (χ1n) is 7.47. The lowest BCUT2D eigenvalue weighted by atomic mass is 9.71. The molecule has 3 aliphatic heterocycles. The Morgan fingerprint density at radius 2 is 1.80 bits per heavy atom. The first kappa shape index (κ1) is 15.6. The van der Waals surface area contributed by atoms with Crippen LogP contribution in [0.4, 0.5) is 0 Å². The van der Waals surface area contributed by atoms with Crippen LogP contribution in [0.2, 0.25) is 0 Å². The molecule has 114 valence electrons. The Labute approximate surface area is 126 Å². The average molecular weight is 302 g/mol. The van der Waals surface area contributed by atoms with Crippen LogP contribution in [0.3, 0.4) is 0 Å². The number of rotatable bonds is 1. The third-order valence-electron chi connectivity index (χ3n) is 5.09. The molecule has 3 rings (SSSR count). The van der Waals surface area contributed by atoms with Crippen LogP contribution in [0.5, 0.6) is 0 Å². The maximum Gasteiger partial charge on any atom is 0.245 e. The zero-order valence-electron chi connectivity index (χ0n) is 11.8. The van der Waals surface area contributed by atoms with E-state index in [9.17, 15) is 9.59 Å². The third kappa shape index (κ3) is 3.09. The van der Waals surface area contributed by atoms with Crippen molar-refractivity contribution >= 4 is 24.2 Å². The molecular formula is C14H24ClN3O2. The summed E-state index contributed by atoms with van der Waals surface area (Å²) in [6.07, 6.45) is 5.91. The van der Waals surface area contributed by atoms with Crippen molar-refractivity contribution in [2.45, 2.75) is 44.6 Å². The fourth-order valence-corrected chi connectivity index (χ4v) is 3.68. The van der Waals surface area contributed by atoms with E-state index in [1.54, 1.807) is 0 Å². The number of nitrogens with one attached hydrogen (secondary N) is 2. The van der Waals surface area contributed by atoms with Gasteiger partial charge >= 0.3 is 0 Å². The minimum atomic E-state index is -0.255. The number of halogens is 1. The Morgan fingerprint density at radius 3 is 2.35 bits per heavy atom. The van der Waals surface area contributed by atoms with Crippen LogP contribution < -0.4 is 10.6 Å². The molecular weight excluding hydrogens is 278 g/mol. The molecule has 3 heterocycles. The highest BCUT2D eigenvalue weighted by Crippen LogP contribution is 2.39. The van der Waals surface area contributed by atoms with Crippen LogP contribution >= 0.6 is 12.4 Å². The number of hydrogen-bond acceptors (Lipinski definition) is 3. The number of carbonyl (C=O) groups is 2. The second-order valence-corrected chi connectivity index (χ2v) is 6.23. The lowest BCUT2D eigenvalue weighted by Crippen LogP contribution is -2.51. The van der Waals surface area contributed by atoms with Gasteiger partial charge in [0, 0.05) is 19.5 Å². The molecule has 3 fully saturated rings. The molecule has 1 unspecified atom stereocenters. The molecule has 2 N–H and O–H groups in total. The lowest BCUT2D eigenvalue weighted by molar-refractivity contribution is -0.136. The highest BCUT2D eigenvalue weighted by Gasteiger charge is 2.39. The van der Waals surface area contributed by atoms with Crippen molar-refractivity contribution in [3.8, 4) is 0 Å². The van der Waals surface area contributed by atoms with Gasteiger partial charge in [-0.1, -0.05) is 0 Å². The van der Waals surface area contributed by atoms with Gasteiger partial charge in [-0.05, 0) is 50.6 Å². The number of likely N-dealkylation sites (tertiary alicyclic amines) is 1. The van der Waals surface area contributed by atoms with Crippen molar-refractivity contribution in [1.29, 1.82) is 0 Å². The van der Waals surface area contributed by atoms with Crippen LogP contribution in [-0.2, 0) is 9.59 Å². The van der Waals surface area contributed by atoms with Crippen molar-refractivity contribution in [2.75, 3.05) is 26.2 Å². The van der Waals surface area contributed by atoms with E-state index in [1.165, 1.54) is 12.8 Å². The van der Waals surface area contributed by atoms with Gasteiger partial charge in [-0.3, -0.25) is 9.59 Å². The summed E-state index contributed by atoms with van der Waals surface area (Å²) >= 11 is 0. The number of carbonyl (C=O) groups excluding carboxylic acids is 2. The molecule has 20 heavy (non-hydrogen) atoms. The van der Waals surface area contributed by atoms with Gasteiger partial charge in [-0.15, -0.1) is 12.4 Å². The topological polar surface area (TPSA) is 61.4 Å². The second-order valence-electron chi connectivity index (χ2n) is 6.23. The second kappa shape index (κ2) is 6.31. The summed E-state index contributed by atoms with van der Waals surface area (Å²) in [6.45, 7) is 3.97. The Kier molecular flexibility index (Phi) is 4.91. The third-order valence-corrected chi connectivity index (χ3v) is 5.09. The van der Waals surface area contributed by atoms with E-state index >= 15 is 0 Å².